The zero-order valence-corrected chi connectivity index (χ0v) is 10.4. The molecule has 0 heterocycles. The van der Waals surface area contributed by atoms with Gasteiger partial charge >= 0.3 is 5.97 Å². The average molecular weight is 240 g/mol. The van der Waals surface area contributed by atoms with Gasteiger partial charge in [-0.25, -0.2) is 4.79 Å². The highest BCUT2D eigenvalue weighted by atomic mass is 16.4. The van der Waals surface area contributed by atoms with Gasteiger partial charge in [-0.2, -0.15) is 0 Å². The summed E-state index contributed by atoms with van der Waals surface area (Å²) in [6.07, 6.45) is 1.89. The lowest BCUT2D eigenvalue weighted by Gasteiger charge is -2.04. The van der Waals surface area contributed by atoms with Crippen molar-refractivity contribution in [3.63, 3.8) is 0 Å². The molecule has 0 atom stereocenters. The molecule has 0 radical (unpaired) electrons. The maximum atomic E-state index is 10.7. The molecule has 1 N–H and O–H groups in total. The van der Waals surface area contributed by atoms with Crippen molar-refractivity contribution in [3.8, 4) is 0 Å². The number of benzene rings is 2. The fraction of sp³-hybridized carbons (Fsp3) is 0.188. The van der Waals surface area contributed by atoms with E-state index in [4.69, 9.17) is 5.11 Å². The van der Waals surface area contributed by atoms with E-state index in [1.54, 1.807) is 12.1 Å². The van der Waals surface area contributed by atoms with Crippen molar-refractivity contribution in [2.24, 2.45) is 0 Å². The largest absolute Gasteiger partial charge is 0.478 e. The Morgan fingerprint density at radius 3 is 1.78 bits per heavy atom. The molecule has 0 saturated carbocycles. The molecule has 0 unspecified atom stereocenters. The van der Waals surface area contributed by atoms with Crippen LogP contribution in [0.25, 0.3) is 0 Å². The van der Waals surface area contributed by atoms with Gasteiger partial charge in [-0.05, 0) is 41.7 Å². The van der Waals surface area contributed by atoms with Gasteiger partial charge < -0.3 is 5.11 Å². The number of rotatable bonds is 4. The molecule has 2 aromatic rings. The minimum atomic E-state index is -0.881. The van der Waals surface area contributed by atoms with Gasteiger partial charge in [0.1, 0.15) is 0 Å². The van der Waals surface area contributed by atoms with Gasteiger partial charge in [0.2, 0.25) is 0 Å². The fourth-order valence-electron chi connectivity index (χ4n) is 1.89. The Morgan fingerprint density at radius 1 is 0.889 bits per heavy atom. The van der Waals surface area contributed by atoms with E-state index in [-0.39, 0.29) is 0 Å². The summed E-state index contributed by atoms with van der Waals surface area (Å²) in [5.74, 6) is -0.881. The van der Waals surface area contributed by atoms with Crippen molar-refractivity contribution in [1.29, 1.82) is 0 Å². The first-order chi connectivity index (χ1) is 8.69. The molecule has 0 aromatic heterocycles. The van der Waals surface area contributed by atoms with Crippen LogP contribution in [0.4, 0.5) is 0 Å². The van der Waals surface area contributed by atoms with Crippen LogP contribution in [-0.2, 0) is 12.8 Å². The molecule has 2 aromatic carbocycles. The molecular formula is C16H16O2. The first-order valence-electron chi connectivity index (χ1n) is 6.09. The Kier molecular flexibility index (Phi) is 3.78. The maximum Gasteiger partial charge on any atom is 0.335 e. The smallest absolute Gasteiger partial charge is 0.335 e. The molecule has 0 aliphatic carbocycles. The molecule has 92 valence electrons. The standard InChI is InChI=1S/C16H16O2/c1-2-12-3-5-13(6-4-12)11-14-7-9-15(10-8-14)16(17)18/h3-10H,2,11H2,1H3,(H,17,18). The SMILES string of the molecule is CCc1ccc(Cc2ccc(C(=O)O)cc2)cc1. The molecular weight excluding hydrogens is 224 g/mol. The number of carboxylic acids is 1. The first-order valence-corrected chi connectivity index (χ1v) is 6.09. The summed E-state index contributed by atoms with van der Waals surface area (Å²) >= 11 is 0. The molecule has 2 rings (SSSR count). The number of carboxylic acid groups (broad SMARTS) is 1. The Balaban J connectivity index is 2.10. The van der Waals surface area contributed by atoms with E-state index in [1.807, 2.05) is 12.1 Å². The van der Waals surface area contributed by atoms with Crippen LogP contribution in [0.3, 0.4) is 0 Å². The molecule has 0 spiro atoms. The average Bonchev–Trinajstić information content (AvgIpc) is 2.40. The Labute approximate surface area is 107 Å². The lowest BCUT2D eigenvalue weighted by atomic mass is 10.0. The summed E-state index contributed by atoms with van der Waals surface area (Å²) in [5.41, 5.74) is 4.04. The lowest BCUT2D eigenvalue weighted by Crippen LogP contribution is -1.96. The van der Waals surface area contributed by atoms with Crippen LogP contribution >= 0.6 is 0 Å². The summed E-state index contributed by atoms with van der Waals surface area (Å²) < 4.78 is 0. The van der Waals surface area contributed by atoms with Crippen LogP contribution in [0.1, 0.15) is 34.0 Å². The number of carbonyl (C=O) groups is 1. The highest BCUT2D eigenvalue weighted by Gasteiger charge is 2.02. The molecule has 18 heavy (non-hydrogen) atoms. The zero-order valence-electron chi connectivity index (χ0n) is 10.4. The number of hydrogen-bond donors (Lipinski definition) is 1. The highest BCUT2D eigenvalue weighted by Crippen LogP contribution is 2.12. The lowest BCUT2D eigenvalue weighted by molar-refractivity contribution is 0.0697. The summed E-state index contributed by atoms with van der Waals surface area (Å²) in [6, 6.07) is 15.6. The third-order valence-corrected chi connectivity index (χ3v) is 3.04. The van der Waals surface area contributed by atoms with Crippen molar-refractivity contribution in [2.45, 2.75) is 19.8 Å². The topological polar surface area (TPSA) is 37.3 Å². The van der Waals surface area contributed by atoms with E-state index in [9.17, 15) is 4.79 Å². The summed E-state index contributed by atoms with van der Waals surface area (Å²) in [6.45, 7) is 2.14. The summed E-state index contributed by atoms with van der Waals surface area (Å²) in [7, 11) is 0. The minimum Gasteiger partial charge on any atom is -0.478 e. The van der Waals surface area contributed by atoms with Crippen molar-refractivity contribution in [3.05, 3.63) is 70.8 Å². The number of hydrogen-bond acceptors (Lipinski definition) is 1. The van der Waals surface area contributed by atoms with E-state index >= 15 is 0 Å². The monoisotopic (exact) mass is 240 g/mol. The molecule has 0 saturated heterocycles. The second-order valence-corrected chi connectivity index (χ2v) is 4.35. The normalized spacial score (nSPS) is 10.3. The Morgan fingerprint density at radius 2 is 1.33 bits per heavy atom. The van der Waals surface area contributed by atoms with Gasteiger partial charge in [-0.3, -0.25) is 0 Å². The number of aryl methyl sites for hydroxylation is 1. The predicted molar refractivity (Wildman–Crippen MR) is 72.0 cm³/mol. The van der Waals surface area contributed by atoms with Gasteiger partial charge in [0.15, 0.2) is 0 Å². The predicted octanol–water partition coefficient (Wildman–Crippen LogP) is 3.54. The van der Waals surface area contributed by atoms with Crippen LogP contribution in [-0.4, -0.2) is 11.1 Å². The summed E-state index contributed by atoms with van der Waals surface area (Å²) in [5, 5.41) is 8.82. The summed E-state index contributed by atoms with van der Waals surface area (Å²) in [4.78, 5) is 10.7. The van der Waals surface area contributed by atoms with Crippen LogP contribution in [0.2, 0.25) is 0 Å². The second kappa shape index (κ2) is 5.50. The minimum absolute atomic E-state index is 0.333. The van der Waals surface area contributed by atoms with Gasteiger partial charge in [0, 0.05) is 0 Å². The Hall–Kier alpha value is -2.09. The molecule has 2 nitrogen and oxygen atoms in total. The second-order valence-electron chi connectivity index (χ2n) is 4.35. The van der Waals surface area contributed by atoms with Gasteiger partial charge in [0.05, 0.1) is 5.56 Å². The third-order valence-electron chi connectivity index (χ3n) is 3.04. The molecule has 0 aliphatic rings. The molecule has 0 aliphatic heterocycles. The van der Waals surface area contributed by atoms with Crippen molar-refractivity contribution in [2.75, 3.05) is 0 Å². The van der Waals surface area contributed by atoms with Gasteiger partial charge in [0.25, 0.3) is 0 Å². The van der Waals surface area contributed by atoms with Crippen molar-refractivity contribution in [1.82, 2.24) is 0 Å². The van der Waals surface area contributed by atoms with Crippen LogP contribution < -0.4 is 0 Å². The van der Waals surface area contributed by atoms with Crippen LogP contribution in [0.5, 0.6) is 0 Å². The fourth-order valence-corrected chi connectivity index (χ4v) is 1.89. The van der Waals surface area contributed by atoms with E-state index in [0.717, 1.165) is 18.4 Å². The van der Waals surface area contributed by atoms with Crippen LogP contribution in [0.15, 0.2) is 48.5 Å². The first kappa shape index (κ1) is 12.4. The third kappa shape index (κ3) is 2.98. The quantitative estimate of drug-likeness (QED) is 0.887. The van der Waals surface area contributed by atoms with Gasteiger partial charge in [-0.1, -0.05) is 43.3 Å². The van der Waals surface area contributed by atoms with Gasteiger partial charge in [-0.15, -0.1) is 0 Å². The van der Waals surface area contributed by atoms with Crippen LogP contribution in [0, 0.1) is 0 Å². The van der Waals surface area contributed by atoms with E-state index < -0.39 is 5.97 Å². The molecule has 0 bridgehead atoms. The highest BCUT2D eigenvalue weighted by molar-refractivity contribution is 5.87. The van der Waals surface area contributed by atoms with E-state index in [0.29, 0.717) is 5.56 Å². The molecule has 2 heteroatoms. The van der Waals surface area contributed by atoms with Crippen molar-refractivity contribution >= 4 is 5.97 Å². The maximum absolute atomic E-state index is 10.7. The van der Waals surface area contributed by atoms with Crippen molar-refractivity contribution < 1.29 is 9.90 Å². The molecule has 0 amide bonds. The number of aromatic carboxylic acids is 1. The molecule has 0 fully saturated rings. The zero-order chi connectivity index (χ0) is 13.0. The Bertz CT molecular complexity index is 524. The van der Waals surface area contributed by atoms with E-state index in [2.05, 4.69) is 31.2 Å². The van der Waals surface area contributed by atoms with E-state index in [1.165, 1.54) is 11.1 Å².